The summed E-state index contributed by atoms with van der Waals surface area (Å²) in [5, 5.41) is 18.1. The molecule has 1 aliphatic rings. The van der Waals surface area contributed by atoms with Crippen molar-refractivity contribution >= 4 is 46.4 Å². The summed E-state index contributed by atoms with van der Waals surface area (Å²) >= 11 is 6.47. The second-order valence-corrected chi connectivity index (χ2v) is 8.23. The zero-order valence-corrected chi connectivity index (χ0v) is 19.5. The highest BCUT2D eigenvalue weighted by Crippen LogP contribution is 2.35. The van der Waals surface area contributed by atoms with Gasteiger partial charge in [0, 0.05) is 28.5 Å². The lowest BCUT2D eigenvalue weighted by atomic mass is 9.95. The normalized spacial score (nSPS) is 15.2. The molecule has 178 valence electrons. The van der Waals surface area contributed by atoms with Crippen LogP contribution in [0, 0.1) is 17.1 Å². The number of aliphatic imine (C=N–C) groups is 1. The van der Waals surface area contributed by atoms with Crippen molar-refractivity contribution in [2.75, 3.05) is 10.6 Å². The number of hydrogen-bond acceptors (Lipinski definition) is 8. The van der Waals surface area contributed by atoms with E-state index in [0.717, 1.165) is 0 Å². The molecule has 5 rings (SSSR count). The number of nitrogens with one attached hydrogen (secondary N) is 3. The number of nitrogens with zero attached hydrogens (tertiary/aromatic N) is 4. The Morgan fingerprint density at radius 2 is 2.06 bits per heavy atom. The van der Waals surface area contributed by atoms with Crippen LogP contribution in [0.4, 0.5) is 16.2 Å². The number of carbonyl (C=O) groups excluding carboxylic acids is 1. The van der Waals surface area contributed by atoms with Crippen molar-refractivity contribution in [3.8, 4) is 6.07 Å². The van der Waals surface area contributed by atoms with E-state index in [9.17, 15) is 9.18 Å². The summed E-state index contributed by atoms with van der Waals surface area (Å²) in [6, 6.07) is 15.5. The first-order valence-corrected chi connectivity index (χ1v) is 11.1. The van der Waals surface area contributed by atoms with Crippen LogP contribution in [0.25, 0.3) is 11.1 Å². The highest BCUT2D eigenvalue weighted by Gasteiger charge is 2.31. The molecule has 4 aromatic rings. The first kappa shape index (κ1) is 23.0. The van der Waals surface area contributed by atoms with Crippen LogP contribution in [0.2, 0.25) is 5.02 Å². The second kappa shape index (κ2) is 9.48. The fraction of sp³-hybridized carbons (Fsp3) is 0.0800. The van der Waals surface area contributed by atoms with Crippen molar-refractivity contribution in [1.29, 1.82) is 5.26 Å². The number of allylic oxidation sites excluding steroid dienone is 1. The van der Waals surface area contributed by atoms with E-state index in [1.807, 2.05) is 6.07 Å². The molecule has 1 aliphatic heterocycles. The van der Waals surface area contributed by atoms with Crippen LogP contribution in [0.1, 0.15) is 24.1 Å². The summed E-state index contributed by atoms with van der Waals surface area (Å²) in [4.78, 5) is 26.4. The van der Waals surface area contributed by atoms with Gasteiger partial charge in [0.05, 0.1) is 11.1 Å². The molecule has 2 aromatic carbocycles. The van der Waals surface area contributed by atoms with Crippen LogP contribution < -0.4 is 16.0 Å². The molecule has 0 saturated carbocycles. The number of oxazole rings is 1. The number of benzene rings is 2. The zero-order valence-electron chi connectivity index (χ0n) is 18.7. The van der Waals surface area contributed by atoms with E-state index in [4.69, 9.17) is 21.3 Å². The van der Waals surface area contributed by atoms with Gasteiger partial charge in [0.1, 0.15) is 29.3 Å². The smallest absolute Gasteiger partial charge is 0.302 e. The Labute approximate surface area is 209 Å². The van der Waals surface area contributed by atoms with Gasteiger partial charge in [-0.05, 0) is 37.3 Å². The Kier molecular flexibility index (Phi) is 6.06. The van der Waals surface area contributed by atoms with Crippen LogP contribution in [-0.4, -0.2) is 21.8 Å². The molecule has 0 bridgehead atoms. The Morgan fingerprint density at radius 3 is 2.81 bits per heavy atom. The third-order valence-corrected chi connectivity index (χ3v) is 5.74. The molecule has 1 atom stereocenters. The highest BCUT2D eigenvalue weighted by atomic mass is 35.5. The molecular formula is C25H17ClFN7O2. The van der Waals surface area contributed by atoms with Crippen LogP contribution in [-0.2, 0) is 4.79 Å². The summed E-state index contributed by atoms with van der Waals surface area (Å²) in [5.41, 5.74) is 2.56. The molecule has 0 fully saturated rings. The minimum atomic E-state index is -0.775. The molecule has 0 aliphatic carbocycles. The molecular weight excluding hydrogens is 485 g/mol. The average Bonchev–Trinajstić information content (AvgIpc) is 3.25. The van der Waals surface area contributed by atoms with E-state index in [1.54, 1.807) is 43.3 Å². The van der Waals surface area contributed by atoms with Crippen molar-refractivity contribution in [2.45, 2.75) is 13.0 Å². The summed E-state index contributed by atoms with van der Waals surface area (Å²) in [6.07, 6.45) is 1.37. The van der Waals surface area contributed by atoms with Crippen LogP contribution in [0.3, 0.4) is 0 Å². The number of hydrogen-bond donors (Lipinski definition) is 3. The number of anilines is 2. The summed E-state index contributed by atoms with van der Waals surface area (Å²) in [6.45, 7) is 1.72. The maximum atomic E-state index is 13.5. The van der Waals surface area contributed by atoms with E-state index < -0.39 is 17.8 Å². The molecule has 3 heterocycles. The monoisotopic (exact) mass is 501 g/mol. The number of halogens is 2. The van der Waals surface area contributed by atoms with Crippen molar-refractivity contribution in [3.05, 3.63) is 94.0 Å². The van der Waals surface area contributed by atoms with Gasteiger partial charge >= 0.3 is 6.01 Å². The molecule has 3 N–H and O–H groups in total. The van der Waals surface area contributed by atoms with Crippen molar-refractivity contribution in [3.63, 3.8) is 0 Å². The van der Waals surface area contributed by atoms with Gasteiger partial charge in [-0.1, -0.05) is 29.8 Å². The number of rotatable bonds is 4. The van der Waals surface area contributed by atoms with Crippen LogP contribution in [0.5, 0.6) is 0 Å². The third kappa shape index (κ3) is 4.60. The highest BCUT2D eigenvalue weighted by molar-refractivity contribution is 6.31. The van der Waals surface area contributed by atoms with Gasteiger partial charge in [-0.25, -0.2) is 14.4 Å². The van der Waals surface area contributed by atoms with Gasteiger partial charge in [-0.15, -0.1) is 0 Å². The minimum absolute atomic E-state index is 0.0993. The van der Waals surface area contributed by atoms with Gasteiger partial charge in [0.25, 0.3) is 5.91 Å². The lowest BCUT2D eigenvalue weighted by molar-refractivity contribution is -0.113. The molecule has 36 heavy (non-hydrogen) atoms. The Balaban J connectivity index is 1.47. The molecule has 1 amide bonds. The largest absolute Gasteiger partial charge is 0.423 e. The lowest BCUT2D eigenvalue weighted by Crippen LogP contribution is -2.37. The van der Waals surface area contributed by atoms with Gasteiger partial charge in [0.15, 0.2) is 5.58 Å². The molecule has 2 aromatic heterocycles. The van der Waals surface area contributed by atoms with E-state index >= 15 is 0 Å². The number of fused-ring (bicyclic) bond motifs is 1. The maximum Gasteiger partial charge on any atom is 0.302 e. The Hall–Kier alpha value is -4.75. The number of guanidine groups is 1. The average molecular weight is 502 g/mol. The SMILES string of the molecule is CC1=C(C(=O)Nc2ccc(C#N)cn2)C(c2ccccc2Cl)N=C(Nc2nc3ccc(F)cc3o2)N1. The van der Waals surface area contributed by atoms with Gasteiger partial charge < -0.3 is 15.1 Å². The van der Waals surface area contributed by atoms with E-state index in [0.29, 0.717) is 32.9 Å². The Bertz CT molecular complexity index is 1590. The van der Waals surface area contributed by atoms with E-state index in [1.165, 1.54) is 24.4 Å². The van der Waals surface area contributed by atoms with Crippen LogP contribution >= 0.6 is 11.6 Å². The Morgan fingerprint density at radius 1 is 1.22 bits per heavy atom. The lowest BCUT2D eigenvalue weighted by Gasteiger charge is -2.26. The minimum Gasteiger partial charge on any atom is -0.423 e. The van der Waals surface area contributed by atoms with Crippen molar-refractivity contribution < 1.29 is 13.6 Å². The first-order valence-electron chi connectivity index (χ1n) is 10.7. The predicted molar refractivity (Wildman–Crippen MR) is 133 cm³/mol. The summed E-state index contributed by atoms with van der Waals surface area (Å²) in [5.74, 6) is -0.341. The molecule has 9 nitrogen and oxygen atoms in total. The van der Waals surface area contributed by atoms with Gasteiger partial charge in [0.2, 0.25) is 5.96 Å². The van der Waals surface area contributed by atoms with Crippen molar-refractivity contribution in [1.82, 2.24) is 15.3 Å². The van der Waals surface area contributed by atoms with Crippen molar-refractivity contribution in [2.24, 2.45) is 4.99 Å². The predicted octanol–water partition coefficient (Wildman–Crippen LogP) is 4.91. The van der Waals surface area contributed by atoms with Gasteiger partial charge in [-0.3, -0.25) is 10.1 Å². The zero-order chi connectivity index (χ0) is 25.2. The molecule has 0 spiro atoms. The van der Waals surface area contributed by atoms with E-state index in [2.05, 4.69) is 30.9 Å². The van der Waals surface area contributed by atoms with E-state index in [-0.39, 0.29) is 23.4 Å². The number of nitriles is 1. The first-order chi connectivity index (χ1) is 17.4. The summed E-state index contributed by atoms with van der Waals surface area (Å²) < 4.78 is 19.1. The molecule has 1 unspecified atom stereocenters. The fourth-order valence-corrected chi connectivity index (χ4v) is 3.97. The number of carbonyl (C=O) groups is 1. The van der Waals surface area contributed by atoms with Gasteiger partial charge in [-0.2, -0.15) is 10.2 Å². The standard InChI is InChI=1S/C25H17ClFN7O2/c1-13-21(23(35)32-20-9-6-14(11-28)12-29-20)22(16-4-2-3-5-17(16)26)33-24(30-13)34-25-31-18-8-7-15(27)10-19(18)36-25/h2-10,12,22H,1H3,(H,29,32,35)(H2,30,31,33,34). The number of pyridine rings is 1. The molecule has 11 heteroatoms. The van der Waals surface area contributed by atoms with Crippen LogP contribution in [0.15, 0.2) is 81.5 Å². The summed E-state index contributed by atoms with van der Waals surface area (Å²) in [7, 11) is 0. The topological polar surface area (TPSA) is 128 Å². The molecule has 0 saturated heterocycles. The fourth-order valence-electron chi connectivity index (χ4n) is 3.73. The third-order valence-electron chi connectivity index (χ3n) is 5.40. The number of amides is 1. The second-order valence-electron chi connectivity index (χ2n) is 7.82. The quantitative estimate of drug-likeness (QED) is 0.362. The number of aromatic nitrogens is 2. The molecule has 0 radical (unpaired) electrons. The maximum absolute atomic E-state index is 13.5.